The molecule has 1 aromatic carbocycles. The molecule has 2 rings (SSSR count). The molecule has 0 spiro atoms. The molecular formula is C14H17F3N2O. The molecular weight excluding hydrogens is 269 g/mol. The number of likely N-dealkylation sites (N-methyl/N-ethyl adjacent to an activating group) is 1. The van der Waals surface area contributed by atoms with Crippen molar-refractivity contribution in [1.29, 1.82) is 0 Å². The largest absolute Gasteiger partial charge is 0.417 e. The van der Waals surface area contributed by atoms with Gasteiger partial charge in [-0.2, -0.15) is 13.2 Å². The third-order valence-electron chi connectivity index (χ3n) is 4.05. The van der Waals surface area contributed by atoms with Gasteiger partial charge in [0.1, 0.15) is 0 Å². The Morgan fingerprint density at radius 3 is 2.65 bits per heavy atom. The van der Waals surface area contributed by atoms with E-state index in [0.29, 0.717) is 24.9 Å². The van der Waals surface area contributed by atoms with E-state index < -0.39 is 17.3 Å². The second-order valence-corrected chi connectivity index (χ2v) is 5.25. The van der Waals surface area contributed by atoms with E-state index in [1.165, 1.54) is 6.07 Å². The third-order valence-corrected chi connectivity index (χ3v) is 4.05. The minimum atomic E-state index is -4.52. The maximum absolute atomic E-state index is 13.0. The Bertz CT molecular complexity index is 516. The van der Waals surface area contributed by atoms with Crippen molar-refractivity contribution in [1.82, 2.24) is 10.2 Å². The summed E-state index contributed by atoms with van der Waals surface area (Å²) in [5.41, 5.74) is -1.35. The van der Waals surface area contributed by atoms with Gasteiger partial charge in [0.25, 0.3) is 0 Å². The van der Waals surface area contributed by atoms with E-state index >= 15 is 0 Å². The quantitative estimate of drug-likeness (QED) is 0.847. The number of rotatable bonds is 2. The fourth-order valence-electron chi connectivity index (χ4n) is 2.67. The molecule has 110 valence electrons. The van der Waals surface area contributed by atoms with E-state index in [2.05, 4.69) is 5.32 Å². The van der Waals surface area contributed by atoms with Gasteiger partial charge in [-0.15, -0.1) is 0 Å². The molecule has 1 saturated heterocycles. The van der Waals surface area contributed by atoms with Gasteiger partial charge in [0.2, 0.25) is 0 Å². The summed E-state index contributed by atoms with van der Waals surface area (Å²) in [4.78, 5) is 13.2. The highest BCUT2D eigenvalue weighted by Crippen LogP contribution is 2.37. The summed E-state index contributed by atoms with van der Waals surface area (Å²) in [7, 11) is 1.86. The first-order valence-electron chi connectivity index (χ1n) is 6.38. The Balaban J connectivity index is 2.60. The van der Waals surface area contributed by atoms with Gasteiger partial charge in [-0.05, 0) is 25.6 Å². The molecule has 1 aromatic rings. The smallest absolute Gasteiger partial charge is 0.313 e. The first-order chi connectivity index (χ1) is 9.30. The summed E-state index contributed by atoms with van der Waals surface area (Å²) in [6, 6.07) is 3.91. The maximum Gasteiger partial charge on any atom is 0.417 e. The average molecular weight is 286 g/mol. The summed E-state index contributed by atoms with van der Waals surface area (Å²) in [5, 5.41) is 3.17. The van der Waals surface area contributed by atoms with Crippen LogP contribution in [0.15, 0.2) is 18.2 Å². The molecule has 1 aliphatic rings. The zero-order valence-corrected chi connectivity index (χ0v) is 11.4. The molecule has 3 nitrogen and oxygen atoms in total. The van der Waals surface area contributed by atoms with Gasteiger partial charge in [0.15, 0.2) is 6.29 Å². The van der Waals surface area contributed by atoms with Crippen molar-refractivity contribution in [2.45, 2.75) is 18.6 Å². The van der Waals surface area contributed by atoms with Gasteiger partial charge in [0, 0.05) is 25.2 Å². The number of carbonyl (C=O) groups excluding carboxylic acids is 1. The van der Waals surface area contributed by atoms with Crippen LogP contribution in [0.1, 0.15) is 28.4 Å². The minimum Gasteiger partial charge on any atom is -0.313 e. The van der Waals surface area contributed by atoms with E-state index in [1.807, 2.05) is 18.9 Å². The molecule has 0 saturated carbocycles. The van der Waals surface area contributed by atoms with E-state index in [9.17, 15) is 18.0 Å². The summed E-state index contributed by atoms with van der Waals surface area (Å²) >= 11 is 0. The van der Waals surface area contributed by atoms with Crippen molar-refractivity contribution in [2.75, 3.05) is 26.7 Å². The van der Waals surface area contributed by atoms with Gasteiger partial charge in [-0.25, -0.2) is 0 Å². The molecule has 20 heavy (non-hydrogen) atoms. The monoisotopic (exact) mass is 286 g/mol. The Morgan fingerprint density at radius 2 is 2.10 bits per heavy atom. The second kappa shape index (κ2) is 5.18. The van der Waals surface area contributed by atoms with Gasteiger partial charge in [-0.1, -0.05) is 12.1 Å². The van der Waals surface area contributed by atoms with Crippen LogP contribution < -0.4 is 5.32 Å². The normalized spacial score (nSPS) is 24.6. The molecule has 1 N–H and O–H groups in total. The van der Waals surface area contributed by atoms with Crippen molar-refractivity contribution in [2.24, 2.45) is 0 Å². The van der Waals surface area contributed by atoms with E-state index in [4.69, 9.17) is 0 Å². The van der Waals surface area contributed by atoms with E-state index in [-0.39, 0.29) is 5.56 Å². The predicted octanol–water partition coefficient (Wildman–Crippen LogP) is 2.27. The number of nitrogens with zero attached hydrogens (tertiary/aromatic N) is 1. The molecule has 1 atom stereocenters. The molecule has 0 bridgehead atoms. The topological polar surface area (TPSA) is 32.3 Å². The third kappa shape index (κ3) is 2.45. The predicted molar refractivity (Wildman–Crippen MR) is 69.7 cm³/mol. The molecule has 0 unspecified atom stereocenters. The number of halogens is 3. The highest BCUT2D eigenvalue weighted by molar-refractivity contribution is 5.81. The second-order valence-electron chi connectivity index (χ2n) is 5.25. The standard InChI is InChI=1S/C14H17F3N2O/c1-13(9-18-6-7-19(13)2)11-4-3-5-12(10(11)8-20)14(15,16)17/h3-5,8,18H,6-7,9H2,1-2H3/t13-/m0/s1. The molecule has 6 heteroatoms. The van der Waals surface area contributed by atoms with Crippen LogP contribution >= 0.6 is 0 Å². The summed E-state index contributed by atoms with van der Waals surface area (Å²) < 4.78 is 39.0. The highest BCUT2D eigenvalue weighted by atomic mass is 19.4. The number of piperazine rings is 1. The van der Waals surface area contributed by atoms with Crippen molar-refractivity contribution in [3.05, 3.63) is 34.9 Å². The summed E-state index contributed by atoms with van der Waals surface area (Å²) in [6.07, 6.45) is -4.21. The first kappa shape index (κ1) is 15.0. The Morgan fingerprint density at radius 1 is 1.40 bits per heavy atom. The number of nitrogens with one attached hydrogen (secondary N) is 1. The van der Waals surface area contributed by atoms with Crippen LogP contribution in [0.2, 0.25) is 0 Å². The number of benzene rings is 1. The van der Waals surface area contributed by atoms with Crippen LogP contribution in [0.3, 0.4) is 0 Å². The highest BCUT2D eigenvalue weighted by Gasteiger charge is 2.40. The zero-order chi connectivity index (χ0) is 15.0. The molecule has 1 heterocycles. The molecule has 1 fully saturated rings. The van der Waals surface area contributed by atoms with Gasteiger partial charge >= 0.3 is 6.18 Å². The lowest BCUT2D eigenvalue weighted by Crippen LogP contribution is -2.56. The van der Waals surface area contributed by atoms with Gasteiger partial charge in [0.05, 0.1) is 11.1 Å². The van der Waals surface area contributed by atoms with Gasteiger partial charge in [-0.3, -0.25) is 9.69 Å². The van der Waals surface area contributed by atoms with Crippen LogP contribution in [-0.2, 0) is 11.7 Å². The SMILES string of the molecule is CN1CCNC[C@@]1(C)c1cccc(C(F)(F)F)c1C=O. The number of alkyl halides is 3. The van der Waals surface area contributed by atoms with Crippen LogP contribution in [0.5, 0.6) is 0 Å². The summed E-state index contributed by atoms with van der Waals surface area (Å²) in [6.45, 7) is 3.85. The van der Waals surface area contributed by atoms with Crippen molar-refractivity contribution in [3.8, 4) is 0 Å². The van der Waals surface area contributed by atoms with Crippen molar-refractivity contribution < 1.29 is 18.0 Å². The van der Waals surface area contributed by atoms with Crippen LogP contribution in [0, 0.1) is 0 Å². The van der Waals surface area contributed by atoms with Crippen molar-refractivity contribution >= 4 is 6.29 Å². The zero-order valence-electron chi connectivity index (χ0n) is 11.4. The fourth-order valence-corrected chi connectivity index (χ4v) is 2.67. The minimum absolute atomic E-state index is 0.266. The lowest BCUT2D eigenvalue weighted by molar-refractivity contribution is -0.138. The van der Waals surface area contributed by atoms with Crippen LogP contribution in [0.25, 0.3) is 0 Å². The molecule has 0 aromatic heterocycles. The molecule has 0 amide bonds. The Labute approximate surface area is 115 Å². The Hall–Kier alpha value is -1.40. The van der Waals surface area contributed by atoms with Gasteiger partial charge < -0.3 is 5.32 Å². The van der Waals surface area contributed by atoms with Crippen molar-refractivity contribution in [3.63, 3.8) is 0 Å². The van der Waals surface area contributed by atoms with Crippen LogP contribution in [-0.4, -0.2) is 37.9 Å². The fraction of sp³-hybridized carbons (Fsp3) is 0.500. The number of hydrogen-bond acceptors (Lipinski definition) is 3. The van der Waals surface area contributed by atoms with Crippen LogP contribution in [0.4, 0.5) is 13.2 Å². The number of carbonyl (C=O) groups is 1. The Kier molecular flexibility index (Phi) is 3.88. The molecule has 0 radical (unpaired) electrons. The maximum atomic E-state index is 13.0. The lowest BCUT2D eigenvalue weighted by Gasteiger charge is -2.44. The summed E-state index contributed by atoms with van der Waals surface area (Å²) in [5.74, 6) is 0. The van der Waals surface area contributed by atoms with E-state index in [0.717, 1.165) is 12.6 Å². The van der Waals surface area contributed by atoms with E-state index in [1.54, 1.807) is 6.07 Å². The number of aldehydes is 1. The molecule has 0 aliphatic carbocycles. The lowest BCUT2D eigenvalue weighted by atomic mass is 9.84. The first-order valence-corrected chi connectivity index (χ1v) is 6.38. The molecule has 1 aliphatic heterocycles. The average Bonchev–Trinajstić information content (AvgIpc) is 2.40. The number of hydrogen-bond donors (Lipinski definition) is 1.